The molecule has 0 heterocycles. The van der Waals surface area contributed by atoms with E-state index in [2.05, 4.69) is 23.5 Å². The van der Waals surface area contributed by atoms with Gasteiger partial charge in [0, 0.05) is 0 Å². The van der Waals surface area contributed by atoms with Crippen molar-refractivity contribution in [1.82, 2.24) is 5.32 Å². The normalized spacial score (nSPS) is 15.4. The number of ether oxygens (including phenoxy) is 1. The number of carbonyl (C=O) groups excluding carboxylic acids is 1. The van der Waals surface area contributed by atoms with Gasteiger partial charge >= 0.3 is 0 Å². The Labute approximate surface area is 150 Å². The SMILES string of the molecule is Cc1ccc(C)c(OC(C)C(=O)NC(C)c2ccc3c(c2)CCC3)c1. The van der Waals surface area contributed by atoms with Crippen molar-refractivity contribution in [3.05, 3.63) is 64.2 Å². The van der Waals surface area contributed by atoms with Gasteiger partial charge in [-0.15, -0.1) is 0 Å². The molecule has 0 saturated carbocycles. The Kier molecular flexibility index (Phi) is 5.12. The molecule has 0 aromatic heterocycles. The summed E-state index contributed by atoms with van der Waals surface area (Å²) >= 11 is 0. The number of carbonyl (C=O) groups is 1. The van der Waals surface area contributed by atoms with E-state index in [1.54, 1.807) is 6.92 Å². The van der Waals surface area contributed by atoms with Gasteiger partial charge in [0.05, 0.1) is 6.04 Å². The first-order valence-corrected chi connectivity index (χ1v) is 9.10. The van der Waals surface area contributed by atoms with E-state index < -0.39 is 6.10 Å². The van der Waals surface area contributed by atoms with Gasteiger partial charge < -0.3 is 10.1 Å². The Morgan fingerprint density at radius 3 is 2.60 bits per heavy atom. The third-order valence-corrected chi connectivity index (χ3v) is 5.00. The predicted octanol–water partition coefficient (Wildman–Crippen LogP) is 4.44. The molecule has 0 saturated heterocycles. The van der Waals surface area contributed by atoms with E-state index in [4.69, 9.17) is 4.74 Å². The molecule has 2 unspecified atom stereocenters. The molecule has 132 valence electrons. The molecular weight excluding hydrogens is 310 g/mol. The van der Waals surface area contributed by atoms with E-state index >= 15 is 0 Å². The zero-order valence-electron chi connectivity index (χ0n) is 15.6. The molecule has 1 aliphatic carbocycles. The first kappa shape index (κ1) is 17.5. The van der Waals surface area contributed by atoms with Crippen molar-refractivity contribution in [3.8, 4) is 5.75 Å². The van der Waals surface area contributed by atoms with Crippen LogP contribution in [0, 0.1) is 13.8 Å². The van der Waals surface area contributed by atoms with Crippen LogP contribution in [-0.4, -0.2) is 12.0 Å². The van der Waals surface area contributed by atoms with Crippen molar-refractivity contribution < 1.29 is 9.53 Å². The van der Waals surface area contributed by atoms with E-state index in [1.165, 1.54) is 24.0 Å². The lowest BCUT2D eigenvalue weighted by Crippen LogP contribution is -2.37. The summed E-state index contributed by atoms with van der Waals surface area (Å²) in [5.41, 5.74) is 6.21. The smallest absolute Gasteiger partial charge is 0.261 e. The van der Waals surface area contributed by atoms with E-state index in [9.17, 15) is 4.79 Å². The fourth-order valence-electron chi connectivity index (χ4n) is 3.35. The molecule has 3 rings (SSSR count). The van der Waals surface area contributed by atoms with Gasteiger partial charge in [0.1, 0.15) is 5.75 Å². The number of hydrogen-bond donors (Lipinski definition) is 1. The highest BCUT2D eigenvalue weighted by atomic mass is 16.5. The number of benzene rings is 2. The highest BCUT2D eigenvalue weighted by Gasteiger charge is 2.20. The average Bonchev–Trinajstić information content (AvgIpc) is 3.05. The number of fused-ring (bicyclic) bond motifs is 1. The van der Waals surface area contributed by atoms with Gasteiger partial charge in [0.25, 0.3) is 5.91 Å². The van der Waals surface area contributed by atoms with Crippen LogP contribution >= 0.6 is 0 Å². The lowest BCUT2D eigenvalue weighted by atomic mass is 10.0. The fourth-order valence-corrected chi connectivity index (χ4v) is 3.35. The van der Waals surface area contributed by atoms with Crippen molar-refractivity contribution in [2.75, 3.05) is 0 Å². The average molecular weight is 337 g/mol. The van der Waals surface area contributed by atoms with Crippen LogP contribution in [0.5, 0.6) is 5.75 Å². The summed E-state index contributed by atoms with van der Waals surface area (Å²) in [6, 6.07) is 12.6. The van der Waals surface area contributed by atoms with Gasteiger partial charge in [-0.3, -0.25) is 4.79 Å². The van der Waals surface area contributed by atoms with Crippen LogP contribution in [0.2, 0.25) is 0 Å². The van der Waals surface area contributed by atoms with Gasteiger partial charge in [-0.25, -0.2) is 0 Å². The maximum atomic E-state index is 12.5. The summed E-state index contributed by atoms with van der Waals surface area (Å²) in [4.78, 5) is 12.5. The highest BCUT2D eigenvalue weighted by Crippen LogP contribution is 2.25. The molecule has 3 nitrogen and oxygen atoms in total. The summed E-state index contributed by atoms with van der Waals surface area (Å²) in [7, 11) is 0. The second kappa shape index (κ2) is 7.30. The van der Waals surface area contributed by atoms with Crippen LogP contribution in [0.3, 0.4) is 0 Å². The van der Waals surface area contributed by atoms with Crippen molar-refractivity contribution in [1.29, 1.82) is 0 Å². The third kappa shape index (κ3) is 4.04. The van der Waals surface area contributed by atoms with Gasteiger partial charge in [-0.05, 0) is 80.8 Å². The molecule has 0 fully saturated rings. The van der Waals surface area contributed by atoms with Crippen LogP contribution in [0.25, 0.3) is 0 Å². The Morgan fingerprint density at radius 2 is 1.80 bits per heavy atom. The maximum Gasteiger partial charge on any atom is 0.261 e. The monoisotopic (exact) mass is 337 g/mol. The third-order valence-electron chi connectivity index (χ3n) is 5.00. The lowest BCUT2D eigenvalue weighted by molar-refractivity contribution is -0.127. The molecule has 2 aromatic rings. The molecule has 0 bridgehead atoms. The molecule has 0 spiro atoms. The maximum absolute atomic E-state index is 12.5. The van der Waals surface area contributed by atoms with Crippen LogP contribution in [0.15, 0.2) is 36.4 Å². The number of hydrogen-bond acceptors (Lipinski definition) is 2. The van der Waals surface area contributed by atoms with Crippen molar-refractivity contribution in [2.24, 2.45) is 0 Å². The van der Waals surface area contributed by atoms with Crippen molar-refractivity contribution in [3.63, 3.8) is 0 Å². The summed E-state index contributed by atoms with van der Waals surface area (Å²) in [5, 5.41) is 3.08. The topological polar surface area (TPSA) is 38.3 Å². The summed E-state index contributed by atoms with van der Waals surface area (Å²) in [6.45, 7) is 7.84. The molecule has 1 amide bonds. The second-order valence-corrected chi connectivity index (χ2v) is 7.14. The van der Waals surface area contributed by atoms with E-state index in [0.29, 0.717) is 0 Å². The molecule has 3 heteroatoms. The van der Waals surface area contributed by atoms with E-state index in [0.717, 1.165) is 28.9 Å². The summed E-state index contributed by atoms with van der Waals surface area (Å²) < 4.78 is 5.89. The van der Waals surface area contributed by atoms with Gasteiger partial charge in [0.2, 0.25) is 0 Å². The second-order valence-electron chi connectivity index (χ2n) is 7.14. The minimum atomic E-state index is -0.530. The Hall–Kier alpha value is -2.29. The fraction of sp³-hybridized carbons (Fsp3) is 0.409. The molecular formula is C22H27NO2. The van der Waals surface area contributed by atoms with Crippen LogP contribution in [0.4, 0.5) is 0 Å². The standard InChI is InChI=1S/C22H27NO2/c1-14-8-9-15(2)21(12-14)25-17(4)22(24)23-16(3)19-11-10-18-6-5-7-20(18)13-19/h8-13,16-17H,5-7H2,1-4H3,(H,23,24). The van der Waals surface area contributed by atoms with E-state index in [1.807, 2.05) is 39.0 Å². The Bertz CT molecular complexity index is 782. The molecule has 0 radical (unpaired) electrons. The van der Waals surface area contributed by atoms with Gasteiger partial charge in [-0.2, -0.15) is 0 Å². The van der Waals surface area contributed by atoms with Crippen molar-refractivity contribution >= 4 is 5.91 Å². The number of amides is 1. The Morgan fingerprint density at radius 1 is 1.04 bits per heavy atom. The lowest BCUT2D eigenvalue weighted by Gasteiger charge is -2.20. The first-order valence-electron chi connectivity index (χ1n) is 9.10. The quantitative estimate of drug-likeness (QED) is 0.876. The molecule has 1 N–H and O–H groups in total. The zero-order chi connectivity index (χ0) is 18.0. The molecule has 2 aromatic carbocycles. The molecule has 0 aliphatic heterocycles. The summed E-state index contributed by atoms with van der Waals surface area (Å²) in [5.74, 6) is 0.682. The minimum Gasteiger partial charge on any atom is -0.481 e. The highest BCUT2D eigenvalue weighted by molar-refractivity contribution is 5.81. The predicted molar refractivity (Wildman–Crippen MR) is 101 cm³/mol. The zero-order valence-corrected chi connectivity index (χ0v) is 15.6. The number of nitrogens with one attached hydrogen (secondary N) is 1. The van der Waals surface area contributed by atoms with Crippen LogP contribution in [0.1, 0.15) is 54.1 Å². The van der Waals surface area contributed by atoms with E-state index in [-0.39, 0.29) is 11.9 Å². The molecule has 1 aliphatic rings. The van der Waals surface area contributed by atoms with Gasteiger partial charge in [-0.1, -0.05) is 30.3 Å². The van der Waals surface area contributed by atoms with Crippen molar-refractivity contribution in [2.45, 2.75) is 59.1 Å². The first-order chi connectivity index (χ1) is 11.9. The Balaban J connectivity index is 1.63. The largest absolute Gasteiger partial charge is 0.481 e. The van der Waals surface area contributed by atoms with Gasteiger partial charge in [0.15, 0.2) is 6.10 Å². The minimum absolute atomic E-state index is 0.0249. The number of rotatable bonds is 5. The summed E-state index contributed by atoms with van der Waals surface area (Å²) in [6.07, 6.45) is 3.03. The van der Waals surface area contributed by atoms with Crippen LogP contribution < -0.4 is 10.1 Å². The van der Waals surface area contributed by atoms with Crippen LogP contribution in [-0.2, 0) is 17.6 Å². The molecule has 2 atom stereocenters. The number of aryl methyl sites for hydroxylation is 4. The molecule has 25 heavy (non-hydrogen) atoms.